The lowest BCUT2D eigenvalue weighted by Crippen LogP contribution is -2.56. The van der Waals surface area contributed by atoms with Crippen molar-refractivity contribution in [3.63, 3.8) is 0 Å². The molecule has 0 spiro atoms. The van der Waals surface area contributed by atoms with Crippen LogP contribution < -0.4 is 5.32 Å². The van der Waals surface area contributed by atoms with Gasteiger partial charge in [-0.05, 0) is 26.8 Å². The molecule has 2 heterocycles. The van der Waals surface area contributed by atoms with E-state index in [-0.39, 0.29) is 10.5 Å². The summed E-state index contributed by atoms with van der Waals surface area (Å²) in [5, 5.41) is 2.94. The third kappa shape index (κ3) is 2.19. The highest BCUT2D eigenvalue weighted by Crippen LogP contribution is 2.19. The molecule has 1 N–H and O–H groups in total. The molecule has 0 saturated carbocycles. The van der Waals surface area contributed by atoms with E-state index in [0.717, 1.165) is 13.1 Å². The number of rotatable bonds is 2. The maximum absolute atomic E-state index is 11.8. The number of sulfone groups is 1. The SMILES string of the molecule is CC1CN(CC2CCN2)CC(C)S1(=O)=O. The van der Waals surface area contributed by atoms with E-state index in [1.807, 2.05) is 13.8 Å². The van der Waals surface area contributed by atoms with Crippen LogP contribution >= 0.6 is 0 Å². The number of nitrogens with one attached hydrogen (secondary N) is 1. The number of nitrogens with zero attached hydrogens (tertiary/aromatic N) is 1. The van der Waals surface area contributed by atoms with E-state index in [1.54, 1.807) is 0 Å². The zero-order valence-electron chi connectivity index (χ0n) is 9.44. The average molecular weight is 232 g/mol. The molecule has 0 bridgehead atoms. The van der Waals surface area contributed by atoms with E-state index < -0.39 is 9.84 Å². The molecule has 2 aliphatic rings. The molecule has 2 aliphatic heterocycles. The van der Waals surface area contributed by atoms with Crippen LogP contribution in [0, 0.1) is 0 Å². The van der Waals surface area contributed by atoms with Gasteiger partial charge in [-0.25, -0.2) is 8.42 Å². The van der Waals surface area contributed by atoms with Crippen LogP contribution in [-0.2, 0) is 9.84 Å². The summed E-state index contributed by atoms with van der Waals surface area (Å²) < 4.78 is 23.6. The number of hydrogen-bond acceptors (Lipinski definition) is 4. The zero-order valence-corrected chi connectivity index (χ0v) is 10.3. The average Bonchev–Trinajstić information content (AvgIpc) is 2.08. The van der Waals surface area contributed by atoms with Gasteiger partial charge in [0, 0.05) is 25.7 Å². The highest BCUT2D eigenvalue weighted by Gasteiger charge is 2.36. The van der Waals surface area contributed by atoms with Gasteiger partial charge in [0.25, 0.3) is 0 Å². The first-order valence-electron chi connectivity index (χ1n) is 5.68. The summed E-state index contributed by atoms with van der Waals surface area (Å²) in [6.07, 6.45) is 1.23. The Morgan fingerprint density at radius 3 is 2.20 bits per heavy atom. The monoisotopic (exact) mass is 232 g/mol. The van der Waals surface area contributed by atoms with Crippen molar-refractivity contribution >= 4 is 9.84 Å². The summed E-state index contributed by atoms with van der Waals surface area (Å²) in [6, 6.07) is 0.588. The minimum Gasteiger partial charge on any atom is -0.313 e. The van der Waals surface area contributed by atoms with Gasteiger partial charge in [0.2, 0.25) is 0 Å². The zero-order chi connectivity index (χ0) is 11.1. The van der Waals surface area contributed by atoms with Crippen LogP contribution in [0.4, 0.5) is 0 Å². The van der Waals surface area contributed by atoms with Crippen LogP contribution in [0.3, 0.4) is 0 Å². The first-order chi connectivity index (χ1) is 7.00. The topological polar surface area (TPSA) is 49.4 Å². The summed E-state index contributed by atoms with van der Waals surface area (Å²) >= 11 is 0. The van der Waals surface area contributed by atoms with Crippen LogP contribution in [0.1, 0.15) is 20.3 Å². The Labute approximate surface area is 91.9 Å². The molecule has 0 aromatic rings. The quantitative estimate of drug-likeness (QED) is 0.720. The largest absolute Gasteiger partial charge is 0.313 e. The molecule has 3 unspecified atom stereocenters. The van der Waals surface area contributed by atoms with Gasteiger partial charge in [-0.3, -0.25) is 4.90 Å². The van der Waals surface area contributed by atoms with E-state index in [1.165, 1.54) is 6.42 Å². The minimum atomic E-state index is -2.86. The van der Waals surface area contributed by atoms with Crippen LogP contribution in [0.25, 0.3) is 0 Å². The second kappa shape index (κ2) is 4.03. The lowest BCUT2D eigenvalue weighted by atomic mass is 10.1. The molecule has 2 fully saturated rings. The summed E-state index contributed by atoms with van der Waals surface area (Å²) in [5.74, 6) is 0. The fraction of sp³-hybridized carbons (Fsp3) is 1.00. The molecule has 88 valence electrons. The third-order valence-electron chi connectivity index (χ3n) is 3.56. The molecule has 2 saturated heterocycles. The maximum atomic E-state index is 11.8. The first kappa shape index (κ1) is 11.4. The Bertz CT molecular complexity index is 306. The van der Waals surface area contributed by atoms with Crippen molar-refractivity contribution in [1.82, 2.24) is 10.2 Å². The second-order valence-corrected chi connectivity index (χ2v) is 7.66. The van der Waals surface area contributed by atoms with Crippen molar-refractivity contribution in [2.75, 3.05) is 26.2 Å². The summed E-state index contributed by atoms with van der Waals surface area (Å²) in [5.41, 5.74) is 0. The van der Waals surface area contributed by atoms with Gasteiger partial charge in [-0.15, -0.1) is 0 Å². The van der Waals surface area contributed by atoms with E-state index in [4.69, 9.17) is 0 Å². The van der Waals surface area contributed by atoms with Crippen molar-refractivity contribution in [1.29, 1.82) is 0 Å². The first-order valence-corrected chi connectivity index (χ1v) is 7.29. The molecule has 4 nitrogen and oxygen atoms in total. The van der Waals surface area contributed by atoms with Crippen LogP contribution in [0.5, 0.6) is 0 Å². The second-order valence-electron chi connectivity index (χ2n) is 4.87. The summed E-state index contributed by atoms with van der Waals surface area (Å²) in [4.78, 5) is 2.28. The van der Waals surface area contributed by atoms with E-state index in [9.17, 15) is 8.42 Å². The highest BCUT2D eigenvalue weighted by molar-refractivity contribution is 7.92. The van der Waals surface area contributed by atoms with Crippen LogP contribution in [-0.4, -0.2) is 56.0 Å². The van der Waals surface area contributed by atoms with Gasteiger partial charge in [-0.2, -0.15) is 0 Å². The fourth-order valence-corrected chi connectivity index (χ4v) is 4.00. The molecule has 0 aromatic heterocycles. The van der Waals surface area contributed by atoms with Gasteiger partial charge in [0.15, 0.2) is 9.84 Å². The van der Waals surface area contributed by atoms with Crippen molar-refractivity contribution < 1.29 is 8.42 Å². The van der Waals surface area contributed by atoms with Crippen molar-refractivity contribution in [2.24, 2.45) is 0 Å². The van der Waals surface area contributed by atoms with E-state index in [2.05, 4.69) is 10.2 Å². The number of hydrogen-bond donors (Lipinski definition) is 1. The lowest BCUT2D eigenvalue weighted by molar-refractivity contribution is 0.201. The summed E-state index contributed by atoms with van der Waals surface area (Å²) in [7, 11) is -2.86. The predicted octanol–water partition coefficient (Wildman–Crippen LogP) is -0.144. The Morgan fingerprint density at radius 2 is 1.80 bits per heavy atom. The van der Waals surface area contributed by atoms with E-state index >= 15 is 0 Å². The highest BCUT2D eigenvalue weighted by atomic mass is 32.2. The molecule has 0 amide bonds. The maximum Gasteiger partial charge on any atom is 0.157 e. The molecule has 0 aliphatic carbocycles. The van der Waals surface area contributed by atoms with Gasteiger partial charge in [-0.1, -0.05) is 0 Å². The van der Waals surface area contributed by atoms with Gasteiger partial charge >= 0.3 is 0 Å². The molecule has 3 atom stereocenters. The fourth-order valence-electron chi connectivity index (χ4n) is 2.37. The molecular weight excluding hydrogens is 212 g/mol. The predicted molar refractivity (Wildman–Crippen MR) is 60.7 cm³/mol. The van der Waals surface area contributed by atoms with Crippen molar-refractivity contribution in [3.8, 4) is 0 Å². The van der Waals surface area contributed by atoms with Crippen LogP contribution in [0.2, 0.25) is 0 Å². The molecular formula is C10H20N2O2S. The van der Waals surface area contributed by atoms with Crippen LogP contribution in [0.15, 0.2) is 0 Å². The minimum absolute atomic E-state index is 0.207. The van der Waals surface area contributed by atoms with Gasteiger partial charge in [0.1, 0.15) is 0 Å². The van der Waals surface area contributed by atoms with Crippen molar-refractivity contribution in [2.45, 2.75) is 36.8 Å². The van der Waals surface area contributed by atoms with E-state index in [0.29, 0.717) is 19.1 Å². The molecule has 5 heteroatoms. The molecule has 15 heavy (non-hydrogen) atoms. The Balaban J connectivity index is 1.94. The Morgan fingerprint density at radius 1 is 1.27 bits per heavy atom. The normalized spacial score (nSPS) is 41.1. The standard InChI is InChI=1S/C10H20N2O2S/c1-8-5-12(7-10-3-4-11-10)6-9(2)15(8,13)14/h8-11H,3-7H2,1-2H3. The molecule has 2 rings (SSSR count). The van der Waals surface area contributed by atoms with Gasteiger partial charge < -0.3 is 5.32 Å². The Hall–Kier alpha value is -0.130. The lowest BCUT2D eigenvalue weighted by Gasteiger charge is -2.39. The van der Waals surface area contributed by atoms with Gasteiger partial charge in [0.05, 0.1) is 10.5 Å². The van der Waals surface area contributed by atoms with Crippen molar-refractivity contribution in [3.05, 3.63) is 0 Å². The summed E-state index contributed by atoms with van der Waals surface area (Å²) in [6.45, 7) is 7.17. The molecule has 0 radical (unpaired) electrons. The smallest absolute Gasteiger partial charge is 0.157 e. The molecule has 0 aromatic carbocycles. The Kier molecular flexibility index (Phi) is 3.05. The third-order valence-corrected chi connectivity index (χ3v) is 6.10.